The number of carbonyl (C=O) groups excluding carboxylic acids is 2. The van der Waals surface area contributed by atoms with Crippen LogP contribution in [0.25, 0.3) is 0 Å². The van der Waals surface area contributed by atoms with Crippen LogP contribution in [0.2, 0.25) is 0 Å². The third-order valence-corrected chi connectivity index (χ3v) is 5.25. The van der Waals surface area contributed by atoms with E-state index in [0.717, 1.165) is 31.9 Å². The molecule has 2 amide bonds. The van der Waals surface area contributed by atoms with Gasteiger partial charge in [0, 0.05) is 37.6 Å². The van der Waals surface area contributed by atoms with Gasteiger partial charge in [-0.3, -0.25) is 9.59 Å². The first kappa shape index (κ1) is 20.8. The number of nitrogens with zero attached hydrogens (tertiary/aromatic N) is 2. The van der Waals surface area contributed by atoms with Crippen molar-refractivity contribution in [2.24, 2.45) is 5.41 Å². The Hall–Kier alpha value is -2.93. The maximum Gasteiger partial charge on any atom is 0.239 e. The van der Waals surface area contributed by atoms with Crippen molar-refractivity contribution < 1.29 is 14.0 Å². The fraction of sp³-hybridized carbons (Fsp3) is 0.364. The lowest BCUT2D eigenvalue weighted by atomic mass is 9.90. The maximum atomic E-state index is 13.8. The third kappa shape index (κ3) is 4.92. The lowest BCUT2D eigenvalue weighted by molar-refractivity contribution is -0.135. The standard InChI is InChI=1S/C22H27FN4O2/c1-22(2,21(29)25-19-7-5-4-6-18(19)23)20(28)24-16-8-10-17(11-9-16)27-14-12-26(3)13-15-27/h4-11H,12-15H2,1-3H3,(H,24,28)(H,25,29). The minimum atomic E-state index is -1.38. The zero-order chi connectivity index (χ0) is 21.0. The number of para-hydroxylation sites is 1. The van der Waals surface area contributed by atoms with Crippen molar-refractivity contribution in [1.82, 2.24) is 4.90 Å². The molecule has 0 bridgehead atoms. The first-order chi connectivity index (χ1) is 13.8. The van der Waals surface area contributed by atoms with Crippen LogP contribution >= 0.6 is 0 Å². The summed E-state index contributed by atoms with van der Waals surface area (Å²) in [6, 6.07) is 13.5. The molecule has 0 aromatic heterocycles. The van der Waals surface area contributed by atoms with Gasteiger partial charge in [-0.05, 0) is 57.3 Å². The van der Waals surface area contributed by atoms with Crippen molar-refractivity contribution in [1.29, 1.82) is 0 Å². The second-order valence-electron chi connectivity index (χ2n) is 7.85. The molecule has 0 radical (unpaired) electrons. The molecule has 29 heavy (non-hydrogen) atoms. The fourth-order valence-electron chi connectivity index (χ4n) is 3.05. The fourth-order valence-corrected chi connectivity index (χ4v) is 3.05. The summed E-state index contributed by atoms with van der Waals surface area (Å²) in [5, 5.41) is 5.27. The van der Waals surface area contributed by atoms with Crippen LogP contribution in [0.4, 0.5) is 21.5 Å². The maximum absolute atomic E-state index is 13.8. The van der Waals surface area contributed by atoms with E-state index in [4.69, 9.17) is 0 Å². The molecule has 0 atom stereocenters. The summed E-state index contributed by atoms with van der Waals surface area (Å²) >= 11 is 0. The van der Waals surface area contributed by atoms with Gasteiger partial charge in [-0.15, -0.1) is 0 Å². The zero-order valence-electron chi connectivity index (χ0n) is 17.0. The van der Waals surface area contributed by atoms with Crippen molar-refractivity contribution in [2.45, 2.75) is 13.8 Å². The Bertz CT molecular complexity index is 875. The number of likely N-dealkylation sites (N-methyl/N-ethyl adjacent to an activating group) is 1. The summed E-state index contributed by atoms with van der Waals surface area (Å²) in [5.41, 5.74) is 0.389. The van der Waals surface area contributed by atoms with Gasteiger partial charge in [0.15, 0.2) is 0 Å². The number of hydrogen-bond donors (Lipinski definition) is 2. The normalized spacial score (nSPS) is 15.1. The lowest BCUT2D eigenvalue weighted by Crippen LogP contribution is -2.44. The SMILES string of the molecule is CN1CCN(c2ccc(NC(=O)C(C)(C)C(=O)Nc3ccccc3F)cc2)CC1. The van der Waals surface area contributed by atoms with Crippen LogP contribution in [0, 0.1) is 11.2 Å². The summed E-state index contributed by atoms with van der Waals surface area (Å²) in [6.07, 6.45) is 0. The molecule has 1 aliphatic rings. The number of amides is 2. The number of benzene rings is 2. The van der Waals surface area contributed by atoms with Crippen molar-refractivity contribution in [3.05, 3.63) is 54.3 Å². The van der Waals surface area contributed by atoms with E-state index < -0.39 is 23.0 Å². The molecule has 0 aliphatic carbocycles. The van der Waals surface area contributed by atoms with Gasteiger partial charge in [0.05, 0.1) is 5.69 Å². The van der Waals surface area contributed by atoms with E-state index in [2.05, 4.69) is 27.5 Å². The Morgan fingerprint density at radius 3 is 2.10 bits per heavy atom. The van der Waals surface area contributed by atoms with E-state index in [1.165, 1.54) is 32.0 Å². The van der Waals surface area contributed by atoms with Crippen LogP contribution in [0.3, 0.4) is 0 Å². The molecule has 1 heterocycles. The van der Waals surface area contributed by atoms with Gasteiger partial charge >= 0.3 is 0 Å². The quantitative estimate of drug-likeness (QED) is 0.760. The Kier molecular flexibility index (Phi) is 6.17. The van der Waals surface area contributed by atoms with Crippen molar-refractivity contribution in [3.63, 3.8) is 0 Å². The van der Waals surface area contributed by atoms with Gasteiger partial charge < -0.3 is 20.4 Å². The lowest BCUT2D eigenvalue weighted by Gasteiger charge is -2.34. The largest absolute Gasteiger partial charge is 0.369 e. The Balaban J connectivity index is 1.62. The van der Waals surface area contributed by atoms with E-state index in [1.807, 2.05) is 24.3 Å². The highest BCUT2D eigenvalue weighted by molar-refractivity contribution is 6.14. The van der Waals surface area contributed by atoms with Crippen molar-refractivity contribution in [2.75, 3.05) is 48.8 Å². The molecular weight excluding hydrogens is 371 g/mol. The highest BCUT2D eigenvalue weighted by Gasteiger charge is 2.36. The van der Waals surface area contributed by atoms with Crippen molar-refractivity contribution >= 4 is 28.9 Å². The smallest absolute Gasteiger partial charge is 0.239 e. The molecular formula is C22H27FN4O2. The monoisotopic (exact) mass is 398 g/mol. The van der Waals surface area contributed by atoms with Crippen LogP contribution in [0.5, 0.6) is 0 Å². The Morgan fingerprint density at radius 2 is 1.48 bits per heavy atom. The molecule has 2 aromatic rings. The van der Waals surface area contributed by atoms with E-state index in [1.54, 1.807) is 6.07 Å². The number of carbonyl (C=O) groups is 2. The summed E-state index contributed by atoms with van der Waals surface area (Å²) < 4.78 is 13.8. The Labute approximate surface area is 170 Å². The number of hydrogen-bond acceptors (Lipinski definition) is 4. The molecule has 6 nitrogen and oxygen atoms in total. The first-order valence-electron chi connectivity index (χ1n) is 9.68. The van der Waals surface area contributed by atoms with Crippen LogP contribution in [0.15, 0.2) is 48.5 Å². The average molecular weight is 398 g/mol. The van der Waals surface area contributed by atoms with E-state index >= 15 is 0 Å². The molecule has 1 saturated heterocycles. The predicted molar refractivity (Wildman–Crippen MR) is 114 cm³/mol. The highest BCUT2D eigenvalue weighted by Crippen LogP contribution is 2.24. The summed E-state index contributed by atoms with van der Waals surface area (Å²) in [4.78, 5) is 29.8. The van der Waals surface area contributed by atoms with Gasteiger partial charge in [-0.1, -0.05) is 12.1 Å². The third-order valence-electron chi connectivity index (χ3n) is 5.25. The predicted octanol–water partition coefficient (Wildman–Crippen LogP) is 3.18. The minimum Gasteiger partial charge on any atom is -0.369 e. The molecule has 2 N–H and O–H groups in total. The topological polar surface area (TPSA) is 64.7 Å². The first-order valence-corrected chi connectivity index (χ1v) is 9.68. The number of rotatable bonds is 5. The van der Waals surface area contributed by atoms with Crippen LogP contribution < -0.4 is 15.5 Å². The van der Waals surface area contributed by atoms with Gasteiger partial charge in [-0.25, -0.2) is 4.39 Å². The zero-order valence-corrected chi connectivity index (χ0v) is 17.0. The summed E-state index contributed by atoms with van der Waals surface area (Å²) in [5.74, 6) is -1.58. The van der Waals surface area contributed by atoms with Crippen LogP contribution in [0.1, 0.15) is 13.8 Å². The molecule has 2 aromatic carbocycles. The van der Waals surface area contributed by atoms with Crippen molar-refractivity contribution in [3.8, 4) is 0 Å². The Morgan fingerprint density at radius 1 is 0.897 bits per heavy atom. The molecule has 0 saturated carbocycles. The number of piperazine rings is 1. The second kappa shape index (κ2) is 8.61. The van der Waals surface area contributed by atoms with Gasteiger partial charge in [0.25, 0.3) is 0 Å². The molecule has 7 heteroatoms. The van der Waals surface area contributed by atoms with E-state index in [-0.39, 0.29) is 5.69 Å². The molecule has 0 unspecified atom stereocenters. The molecule has 1 fully saturated rings. The van der Waals surface area contributed by atoms with E-state index in [9.17, 15) is 14.0 Å². The number of nitrogens with one attached hydrogen (secondary N) is 2. The summed E-state index contributed by atoms with van der Waals surface area (Å²) in [6.45, 7) is 6.98. The average Bonchev–Trinajstić information content (AvgIpc) is 2.71. The molecule has 3 rings (SSSR count). The number of halogens is 1. The van der Waals surface area contributed by atoms with Gasteiger partial charge in [-0.2, -0.15) is 0 Å². The van der Waals surface area contributed by atoms with Gasteiger partial charge in [0.2, 0.25) is 11.8 Å². The molecule has 1 aliphatic heterocycles. The van der Waals surface area contributed by atoms with Crippen LogP contribution in [-0.2, 0) is 9.59 Å². The second-order valence-corrected chi connectivity index (χ2v) is 7.85. The van der Waals surface area contributed by atoms with Crippen LogP contribution in [-0.4, -0.2) is 49.9 Å². The molecule has 0 spiro atoms. The summed E-state index contributed by atoms with van der Waals surface area (Å²) in [7, 11) is 2.11. The van der Waals surface area contributed by atoms with E-state index in [0.29, 0.717) is 5.69 Å². The minimum absolute atomic E-state index is 0.0508. The highest BCUT2D eigenvalue weighted by atomic mass is 19.1. The van der Waals surface area contributed by atoms with Gasteiger partial charge in [0.1, 0.15) is 11.2 Å². The molecule has 154 valence electrons. The number of anilines is 3.